The minimum Gasteiger partial charge on any atom is -0.370 e. The number of nitrogens with zero attached hydrogens (tertiary/aromatic N) is 2. The molecule has 1 heterocycles. The van der Waals surface area contributed by atoms with Gasteiger partial charge in [0.2, 0.25) is 5.95 Å². The highest BCUT2D eigenvalue weighted by atomic mass is 15.1. The lowest BCUT2D eigenvalue weighted by Gasteiger charge is -2.04. The van der Waals surface area contributed by atoms with Crippen molar-refractivity contribution < 1.29 is 0 Å². The number of aryl methyl sites for hydroxylation is 1. The van der Waals surface area contributed by atoms with Gasteiger partial charge in [-0.2, -0.15) is 4.98 Å². The Morgan fingerprint density at radius 2 is 2.38 bits per heavy atom. The molecule has 0 radical (unpaired) electrons. The normalized spacial score (nSPS) is 9.62. The van der Waals surface area contributed by atoms with E-state index in [4.69, 9.17) is 5.73 Å². The van der Waals surface area contributed by atoms with E-state index in [0.29, 0.717) is 5.95 Å². The van der Waals surface area contributed by atoms with E-state index in [1.165, 1.54) is 0 Å². The lowest BCUT2D eigenvalue weighted by molar-refractivity contribution is 1.03. The number of nitrogens with two attached hydrogens (primary N) is 1. The second-order valence-electron chi connectivity index (χ2n) is 2.76. The Morgan fingerprint density at radius 1 is 1.62 bits per heavy atom. The van der Waals surface area contributed by atoms with Crippen LogP contribution in [0.15, 0.2) is 18.7 Å². The summed E-state index contributed by atoms with van der Waals surface area (Å²) in [6.07, 6.45) is 2.76. The van der Waals surface area contributed by atoms with Gasteiger partial charge in [0.1, 0.15) is 5.82 Å². The van der Waals surface area contributed by atoms with Crippen LogP contribution in [0.2, 0.25) is 0 Å². The first-order valence-electron chi connectivity index (χ1n) is 4.18. The van der Waals surface area contributed by atoms with Crippen molar-refractivity contribution in [2.45, 2.75) is 13.3 Å². The fourth-order valence-electron chi connectivity index (χ4n) is 0.984. The molecule has 0 saturated carbocycles. The van der Waals surface area contributed by atoms with E-state index in [1.54, 1.807) is 0 Å². The lowest BCUT2D eigenvalue weighted by Crippen LogP contribution is -2.05. The molecule has 13 heavy (non-hydrogen) atoms. The summed E-state index contributed by atoms with van der Waals surface area (Å²) >= 11 is 0. The molecule has 0 spiro atoms. The summed E-state index contributed by atoms with van der Waals surface area (Å²) in [7, 11) is 0. The summed E-state index contributed by atoms with van der Waals surface area (Å²) in [5, 5.41) is 3.12. The highest BCUT2D eigenvalue weighted by Crippen LogP contribution is 2.06. The Hall–Kier alpha value is -1.58. The van der Waals surface area contributed by atoms with Gasteiger partial charge in [0.25, 0.3) is 0 Å². The maximum atomic E-state index is 5.48. The molecule has 0 bridgehead atoms. The molecule has 0 aliphatic rings. The van der Waals surface area contributed by atoms with Crippen molar-refractivity contribution in [3.05, 3.63) is 24.4 Å². The zero-order valence-electron chi connectivity index (χ0n) is 7.75. The van der Waals surface area contributed by atoms with E-state index in [-0.39, 0.29) is 0 Å². The lowest BCUT2D eigenvalue weighted by atomic mass is 10.4. The van der Waals surface area contributed by atoms with Gasteiger partial charge in [0, 0.05) is 18.3 Å². The van der Waals surface area contributed by atoms with Crippen molar-refractivity contribution in [1.82, 2.24) is 9.97 Å². The predicted octanol–water partition coefficient (Wildman–Crippen LogP) is 1.36. The Balaban J connectivity index is 2.60. The summed E-state index contributed by atoms with van der Waals surface area (Å²) in [5.74, 6) is 1.08. The highest BCUT2D eigenvalue weighted by molar-refractivity contribution is 5.40. The quantitative estimate of drug-likeness (QED) is 0.539. The van der Waals surface area contributed by atoms with Crippen molar-refractivity contribution in [2.24, 2.45) is 0 Å². The van der Waals surface area contributed by atoms with Crippen LogP contribution in [0.25, 0.3) is 0 Å². The van der Waals surface area contributed by atoms with Gasteiger partial charge in [-0.15, -0.1) is 6.58 Å². The van der Waals surface area contributed by atoms with Gasteiger partial charge in [-0.05, 0) is 13.3 Å². The molecule has 0 saturated heterocycles. The topological polar surface area (TPSA) is 63.8 Å². The molecule has 0 fully saturated rings. The molecule has 1 aromatic rings. The third-order valence-electron chi connectivity index (χ3n) is 1.53. The van der Waals surface area contributed by atoms with Gasteiger partial charge in [-0.1, -0.05) is 6.08 Å². The first kappa shape index (κ1) is 9.51. The average Bonchev–Trinajstić information content (AvgIpc) is 2.03. The van der Waals surface area contributed by atoms with Gasteiger partial charge in [-0.25, -0.2) is 4.98 Å². The molecular weight excluding hydrogens is 164 g/mol. The van der Waals surface area contributed by atoms with Crippen LogP contribution in [0.3, 0.4) is 0 Å². The molecule has 0 unspecified atom stereocenters. The summed E-state index contributed by atoms with van der Waals surface area (Å²) < 4.78 is 0. The van der Waals surface area contributed by atoms with Gasteiger partial charge < -0.3 is 11.1 Å². The van der Waals surface area contributed by atoms with E-state index in [2.05, 4.69) is 21.9 Å². The van der Waals surface area contributed by atoms with Crippen LogP contribution in [-0.4, -0.2) is 16.5 Å². The van der Waals surface area contributed by atoms with Gasteiger partial charge in [-0.3, -0.25) is 0 Å². The molecule has 0 amide bonds. The van der Waals surface area contributed by atoms with Crippen LogP contribution < -0.4 is 11.1 Å². The monoisotopic (exact) mass is 178 g/mol. The van der Waals surface area contributed by atoms with Crippen molar-refractivity contribution in [3.63, 3.8) is 0 Å². The van der Waals surface area contributed by atoms with Gasteiger partial charge in [0.15, 0.2) is 0 Å². The number of nitrogens with one attached hydrogen (secondary N) is 1. The first-order valence-corrected chi connectivity index (χ1v) is 4.18. The fourth-order valence-corrected chi connectivity index (χ4v) is 0.984. The molecule has 70 valence electrons. The highest BCUT2D eigenvalue weighted by Gasteiger charge is 1.96. The molecule has 1 rings (SSSR count). The summed E-state index contributed by atoms with van der Waals surface area (Å²) in [6, 6.07) is 1.86. The maximum Gasteiger partial charge on any atom is 0.222 e. The SMILES string of the molecule is C=CCCNc1cc(C)nc(N)n1. The predicted molar refractivity (Wildman–Crippen MR) is 54.5 cm³/mol. The third kappa shape index (κ3) is 3.11. The third-order valence-corrected chi connectivity index (χ3v) is 1.53. The molecular formula is C9H14N4. The Labute approximate surface area is 77.9 Å². The summed E-state index contributed by atoms with van der Waals surface area (Å²) in [4.78, 5) is 8.00. The maximum absolute atomic E-state index is 5.48. The van der Waals surface area contributed by atoms with Crippen molar-refractivity contribution >= 4 is 11.8 Å². The number of rotatable bonds is 4. The summed E-state index contributed by atoms with van der Waals surface area (Å²) in [5.41, 5.74) is 6.35. The van der Waals surface area contributed by atoms with Crippen molar-refractivity contribution in [3.8, 4) is 0 Å². The molecule has 4 heteroatoms. The van der Waals surface area contributed by atoms with Crippen LogP contribution in [0.1, 0.15) is 12.1 Å². The number of nitrogen functional groups attached to an aromatic ring is 1. The van der Waals surface area contributed by atoms with E-state index >= 15 is 0 Å². The van der Waals surface area contributed by atoms with E-state index in [1.807, 2.05) is 19.1 Å². The second kappa shape index (κ2) is 4.45. The zero-order chi connectivity index (χ0) is 9.68. The molecule has 4 nitrogen and oxygen atoms in total. The molecule has 0 aromatic carbocycles. The van der Waals surface area contributed by atoms with Crippen molar-refractivity contribution in [1.29, 1.82) is 0 Å². The van der Waals surface area contributed by atoms with Crippen LogP contribution in [-0.2, 0) is 0 Å². The largest absolute Gasteiger partial charge is 0.370 e. The van der Waals surface area contributed by atoms with Gasteiger partial charge in [0.05, 0.1) is 0 Å². The zero-order valence-corrected chi connectivity index (χ0v) is 7.75. The number of hydrogen-bond donors (Lipinski definition) is 2. The second-order valence-corrected chi connectivity index (χ2v) is 2.76. The minimum absolute atomic E-state index is 0.307. The number of hydrogen-bond acceptors (Lipinski definition) is 4. The fraction of sp³-hybridized carbons (Fsp3) is 0.333. The number of aromatic nitrogens is 2. The van der Waals surface area contributed by atoms with E-state index < -0.39 is 0 Å². The van der Waals surface area contributed by atoms with E-state index in [9.17, 15) is 0 Å². The van der Waals surface area contributed by atoms with Crippen LogP contribution in [0.5, 0.6) is 0 Å². The van der Waals surface area contributed by atoms with Crippen molar-refractivity contribution in [2.75, 3.05) is 17.6 Å². The first-order chi connectivity index (χ1) is 6.22. The smallest absolute Gasteiger partial charge is 0.222 e. The Morgan fingerprint density at radius 3 is 3.00 bits per heavy atom. The standard InChI is InChI=1S/C9H14N4/c1-3-4-5-11-8-6-7(2)12-9(10)13-8/h3,6H,1,4-5H2,2H3,(H3,10,11,12,13). The molecule has 0 atom stereocenters. The van der Waals surface area contributed by atoms with Crippen LogP contribution in [0.4, 0.5) is 11.8 Å². The van der Waals surface area contributed by atoms with Crippen LogP contribution in [0, 0.1) is 6.92 Å². The number of anilines is 2. The Bertz CT molecular complexity index is 275. The molecule has 3 N–H and O–H groups in total. The molecule has 1 aromatic heterocycles. The average molecular weight is 178 g/mol. The molecule has 0 aliphatic heterocycles. The Kier molecular flexibility index (Phi) is 3.25. The summed E-state index contributed by atoms with van der Waals surface area (Å²) in [6.45, 7) is 6.33. The van der Waals surface area contributed by atoms with E-state index in [0.717, 1.165) is 24.5 Å². The minimum atomic E-state index is 0.307. The molecule has 0 aliphatic carbocycles. The van der Waals surface area contributed by atoms with Crippen LogP contribution >= 0.6 is 0 Å². The van der Waals surface area contributed by atoms with Gasteiger partial charge >= 0.3 is 0 Å².